The largest absolute Gasteiger partial charge is 0.480 e. The maximum atomic E-state index is 10.5. The Balaban J connectivity index is 2.68. The maximum Gasteiger partial charge on any atom is 0.323 e. The molecule has 1 aliphatic heterocycles. The third-order valence-corrected chi connectivity index (χ3v) is 2.54. The Hall–Kier alpha value is -1.42. The molecule has 0 aromatic carbocycles. The molecule has 0 bridgehead atoms. The Kier molecular flexibility index (Phi) is 4.84. The maximum absolute atomic E-state index is 10.5. The van der Waals surface area contributed by atoms with Crippen molar-refractivity contribution in [1.29, 1.82) is 0 Å². The molecule has 9 heteroatoms. The van der Waals surface area contributed by atoms with Crippen molar-refractivity contribution >= 4 is 11.9 Å². The molecule has 9 nitrogen and oxygen atoms in total. The zero-order valence-corrected chi connectivity index (χ0v) is 9.80. The van der Waals surface area contributed by atoms with E-state index in [0.717, 1.165) is 4.90 Å². The molecule has 0 amide bonds. The van der Waals surface area contributed by atoms with Gasteiger partial charge in [0.25, 0.3) is 0 Å². The molecule has 0 aliphatic carbocycles. The molecule has 0 aromatic heterocycles. The van der Waals surface area contributed by atoms with E-state index in [1.165, 1.54) is 7.05 Å². The van der Waals surface area contributed by atoms with Crippen LogP contribution >= 0.6 is 0 Å². The first-order chi connectivity index (χ1) is 8.36. The molecule has 1 fully saturated rings. The van der Waals surface area contributed by atoms with Gasteiger partial charge in [0.2, 0.25) is 0 Å². The van der Waals surface area contributed by atoms with Crippen LogP contribution in [-0.2, 0) is 9.53 Å². The minimum atomic E-state index is -1.32. The van der Waals surface area contributed by atoms with Gasteiger partial charge in [-0.15, -0.1) is 0 Å². The van der Waals surface area contributed by atoms with E-state index in [9.17, 15) is 15.0 Å². The highest BCUT2D eigenvalue weighted by Crippen LogP contribution is 2.21. The number of nitrogens with two attached hydrogens (primary N) is 1. The van der Waals surface area contributed by atoms with Crippen molar-refractivity contribution in [3.63, 3.8) is 0 Å². The normalized spacial score (nSPS) is 32.6. The highest BCUT2D eigenvalue weighted by molar-refractivity contribution is 5.82. The number of carboxylic acids is 1. The lowest BCUT2D eigenvalue weighted by molar-refractivity contribution is -0.137. The molecule has 104 valence electrons. The highest BCUT2D eigenvalue weighted by Gasteiger charge is 2.42. The van der Waals surface area contributed by atoms with Crippen LogP contribution in [0.25, 0.3) is 0 Å². The van der Waals surface area contributed by atoms with Crippen LogP contribution < -0.4 is 5.73 Å². The van der Waals surface area contributed by atoms with Crippen LogP contribution in [0.2, 0.25) is 0 Å². The van der Waals surface area contributed by atoms with Crippen molar-refractivity contribution in [3.8, 4) is 0 Å². The average Bonchev–Trinajstić information content (AvgIpc) is 2.56. The van der Waals surface area contributed by atoms with Gasteiger partial charge < -0.3 is 35.8 Å². The van der Waals surface area contributed by atoms with Gasteiger partial charge in [0.15, 0.2) is 12.2 Å². The first kappa shape index (κ1) is 14.6. The standard InChI is InChI=1S/C9H17N3O6/c1-12(2-5(14)15)9(10)11-8-7(17)6(16)4(3-13)18-8/h4,6-8,13,16-17H,2-3H2,1H3,(H2,10,11)(H,14,15). The van der Waals surface area contributed by atoms with Gasteiger partial charge in [0.05, 0.1) is 6.61 Å². The van der Waals surface area contributed by atoms with E-state index in [1.54, 1.807) is 0 Å². The number of ether oxygens (including phenoxy) is 1. The monoisotopic (exact) mass is 263 g/mol. The van der Waals surface area contributed by atoms with Crippen LogP contribution in [0.5, 0.6) is 0 Å². The van der Waals surface area contributed by atoms with Crippen molar-refractivity contribution in [2.75, 3.05) is 20.2 Å². The smallest absolute Gasteiger partial charge is 0.323 e. The number of aliphatic carboxylic acids is 1. The fraction of sp³-hybridized carbons (Fsp3) is 0.778. The van der Waals surface area contributed by atoms with Crippen molar-refractivity contribution in [2.45, 2.75) is 24.5 Å². The molecule has 18 heavy (non-hydrogen) atoms. The minimum Gasteiger partial charge on any atom is -0.480 e. The summed E-state index contributed by atoms with van der Waals surface area (Å²) in [7, 11) is 1.41. The Morgan fingerprint density at radius 1 is 1.44 bits per heavy atom. The Morgan fingerprint density at radius 3 is 2.50 bits per heavy atom. The van der Waals surface area contributed by atoms with E-state index in [4.69, 9.17) is 20.7 Å². The summed E-state index contributed by atoms with van der Waals surface area (Å²) < 4.78 is 5.07. The fourth-order valence-corrected chi connectivity index (χ4v) is 1.50. The summed E-state index contributed by atoms with van der Waals surface area (Å²) in [5.41, 5.74) is 5.52. The van der Waals surface area contributed by atoms with Gasteiger partial charge in [-0.3, -0.25) is 4.79 Å². The first-order valence-corrected chi connectivity index (χ1v) is 5.25. The number of carbonyl (C=O) groups is 1. The summed E-state index contributed by atoms with van der Waals surface area (Å²) in [6, 6.07) is 0. The molecule has 0 saturated carbocycles. The fourth-order valence-electron chi connectivity index (χ4n) is 1.50. The lowest BCUT2D eigenvalue weighted by Crippen LogP contribution is -2.40. The van der Waals surface area contributed by atoms with Gasteiger partial charge in [-0.05, 0) is 0 Å². The van der Waals surface area contributed by atoms with Gasteiger partial charge in [0, 0.05) is 7.05 Å². The molecular weight excluding hydrogens is 246 g/mol. The van der Waals surface area contributed by atoms with Crippen LogP contribution in [0.4, 0.5) is 0 Å². The number of likely N-dealkylation sites (N-methyl/N-ethyl adjacent to an activating group) is 1. The third-order valence-electron chi connectivity index (χ3n) is 2.54. The second-order valence-electron chi connectivity index (χ2n) is 3.97. The van der Waals surface area contributed by atoms with E-state index in [-0.39, 0.29) is 12.5 Å². The Morgan fingerprint density at radius 2 is 2.06 bits per heavy atom. The predicted molar refractivity (Wildman–Crippen MR) is 59.6 cm³/mol. The zero-order valence-electron chi connectivity index (χ0n) is 9.80. The van der Waals surface area contributed by atoms with Gasteiger partial charge in [-0.25, -0.2) is 4.99 Å². The zero-order chi connectivity index (χ0) is 13.9. The van der Waals surface area contributed by atoms with Crippen molar-refractivity contribution in [1.82, 2.24) is 4.90 Å². The molecule has 1 heterocycles. The second kappa shape index (κ2) is 5.96. The molecule has 6 N–H and O–H groups in total. The third kappa shape index (κ3) is 3.29. The number of rotatable bonds is 4. The van der Waals surface area contributed by atoms with E-state index < -0.39 is 37.1 Å². The van der Waals surface area contributed by atoms with Crippen LogP contribution in [0.3, 0.4) is 0 Å². The number of aliphatic hydroxyl groups excluding tert-OH is 3. The van der Waals surface area contributed by atoms with E-state index in [0.29, 0.717) is 0 Å². The summed E-state index contributed by atoms with van der Waals surface area (Å²) in [5.74, 6) is -1.23. The quantitative estimate of drug-likeness (QED) is 0.262. The predicted octanol–water partition coefficient (Wildman–Crippen LogP) is -3.24. The number of hydrogen-bond donors (Lipinski definition) is 5. The number of hydrogen-bond acceptors (Lipinski definition) is 6. The van der Waals surface area contributed by atoms with Crippen LogP contribution in [0.1, 0.15) is 0 Å². The minimum absolute atomic E-state index is 0.146. The second-order valence-corrected chi connectivity index (χ2v) is 3.97. The van der Waals surface area contributed by atoms with E-state index >= 15 is 0 Å². The molecule has 0 aromatic rings. The average molecular weight is 263 g/mol. The van der Waals surface area contributed by atoms with Crippen LogP contribution in [0.15, 0.2) is 4.99 Å². The molecule has 4 unspecified atom stereocenters. The Labute approximate surface area is 103 Å². The summed E-state index contributed by atoms with van der Waals surface area (Å²) >= 11 is 0. The van der Waals surface area contributed by atoms with Gasteiger partial charge in [0.1, 0.15) is 24.9 Å². The van der Waals surface area contributed by atoms with Crippen LogP contribution in [0, 0.1) is 0 Å². The molecule has 0 spiro atoms. The highest BCUT2D eigenvalue weighted by atomic mass is 16.6. The summed E-state index contributed by atoms with van der Waals surface area (Å²) in [5, 5.41) is 36.5. The summed E-state index contributed by atoms with van der Waals surface area (Å²) in [4.78, 5) is 15.4. The van der Waals surface area contributed by atoms with Crippen LogP contribution in [-0.4, -0.2) is 82.0 Å². The molecule has 1 saturated heterocycles. The van der Waals surface area contributed by atoms with E-state index in [1.807, 2.05) is 0 Å². The van der Waals surface area contributed by atoms with Gasteiger partial charge >= 0.3 is 5.97 Å². The number of aliphatic hydroxyl groups is 3. The lowest BCUT2D eigenvalue weighted by atomic mass is 10.1. The SMILES string of the molecule is CN(CC(=O)O)C(N)=NC1OC(CO)C(O)C1O. The van der Waals surface area contributed by atoms with Crippen molar-refractivity contribution in [3.05, 3.63) is 0 Å². The van der Waals surface area contributed by atoms with Gasteiger partial charge in [-0.1, -0.05) is 0 Å². The Bertz CT molecular complexity index is 336. The molecule has 4 atom stereocenters. The van der Waals surface area contributed by atoms with Gasteiger partial charge in [-0.2, -0.15) is 0 Å². The first-order valence-electron chi connectivity index (χ1n) is 5.25. The molecule has 1 aliphatic rings. The topological polar surface area (TPSA) is 149 Å². The number of guanidine groups is 1. The molecule has 1 rings (SSSR count). The number of carboxylic acid groups (broad SMARTS) is 1. The lowest BCUT2D eigenvalue weighted by Gasteiger charge is -2.18. The molecule has 0 radical (unpaired) electrons. The summed E-state index contributed by atoms with van der Waals surface area (Å²) in [6.45, 7) is -0.820. The summed E-state index contributed by atoms with van der Waals surface area (Å²) in [6.07, 6.45) is -4.65. The van der Waals surface area contributed by atoms with Crippen molar-refractivity contribution in [2.24, 2.45) is 10.7 Å². The van der Waals surface area contributed by atoms with Crippen molar-refractivity contribution < 1.29 is 30.0 Å². The number of nitrogens with zero attached hydrogens (tertiary/aromatic N) is 2. The molecular formula is C9H17N3O6. The number of aliphatic imine (C=N–C) groups is 1. The van der Waals surface area contributed by atoms with E-state index in [2.05, 4.69) is 4.99 Å².